The number of aryl methyl sites for hydroxylation is 1. The van der Waals surface area contributed by atoms with Crippen LogP contribution in [0.5, 0.6) is 0 Å². The highest BCUT2D eigenvalue weighted by Crippen LogP contribution is 2.19. The number of aliphatic hydroxyl groups excluding tert-OH is 1. The topological polar surface area (TPSA) is 25.2 Å². The lowest BCUT2D eigenvalue weighted by Crippen LogP contribution is -2.05. The van der Waals surface area contributed by atoms with E-state index in [1.807, 2.05) is 16.8 Å². The summed E-state index contributed by atoms with van der Waals surface area (Å²) in [4.78, 5) is 0. The van der Waals surface area contributed by atoms with Gasteiger partial charge in [0.25, 0.3) is 0 Å². The Labute approximate surface area is 88.0 Å². The molecule has 0 spiro atoms. The Morgan fingerprint density at radius 3 is 2.93 bits per heavy atom. The summed E-state index contributed by atoms with van der Waals surface area (Å²) < 4.78 is 15.3. The largest absolute Gasteiger partial charge is 0.393 e. The molecular formula is C12H14FNO. The van der Waals surface area contributed by atoms with Crippen molar-refractivity contribution < 1.29 is 9.50 Å². The molecule has 0 fully saturated rings. The molecule has 1 atom stereocenters. The predicted octanol–water partition coefficient (Wildman–Crippen LogP) is 2.55. The molecule has 80 valence electrons. The number of rotatable bonds is 3. The fraction of sp³-hybridized carbons (Fsp3) is 0.333. The number of aliphatic hydroxyl groups is 1. The van der Waals surface area contributed by atoms with Gasteiger partial charge < -0.3 is 9.67 Å². The molecule has 1 N–H and O–H groups in total. The van der Waals surface area contributed by atoms with Crippen molar-refractivity contribution in [3.8, 4) is 0 Å². The fourth-order valence-corrected chi connectivity index (χ4v) is 1.71. The van der Waals surface area contributed by atoms with Crippen molar-refractivity contribution in [1.29, 1.82) is 0 Å². The minimum Gasteiger partial charge on any atom is -0.393 e. The Morgan fingerprint density at radius 2 is 2.20 bits per heavy atom. The Morgan fingerprint density at radius 1 is 1.40 bits per heavy atom. The second-order valence-electron chi connectivity index (χ2n) is 3.82. The quantitative estimate of drug-likeness (QED) is 0.822. The predicted molar refractivity (Wildman–Crippen MR) is 58.2 cm³/mol. The summed E-state index contributed by atoms with van der Waals surface area (Å²) in [5, 5.41) is 9.83. The normalized spacial score (nSPS) is 13.3. The lowest BCUT2D eigenvalue weighted by molar-refractivity contribution is 0.178. The highest BCUT2D eigenvalue weighted by atomic mass is 19.1. The minimum absolute atomic E-state index is 0.191. The van der Waals surface area contributed by atoms with E-state index in [-0.39, 0.29) is 11.9 Å². The molecule has 0 amide bonds. The minimum atomic E-state index is -0.323. The second kappa shape index (κ2) is 4.03. The van der Waals surface area contributed by atoms with Crippen molar-refractivity contribution in [2.24, 2.45) is 0 Å². The number of halogens is 1. The summed E-state index contributed by atoms with van der Waals surface area (Å²) in [6.07, 6.45) is 2.21. The van der Waals surface area contributed by atoms with Gasteiger partial charge in [-0.2, -0.15) is 0 Å². The van der Waals surface area contributed by atoms with E-state index in [1.54, 1.807) is 19.1 Å². The zero-order valence-electron chi connectivity index (χ0n) is 8.65. The Bertz CT molecular complexity index is 462. The maximum atomic E-state index is 13.3. The molecule has 0 aliphatic heterocycles. The van der Waals surface area contributed by atoms with Crippen LogP contribution >= 0.6 is 0 Å². The monoisotopic (exact) mass is 207 g/mol. The molecule has 2 rings (SSSR count). The van der Waals surface area contributed by atoms with Gasteiger partial charge in [-0.05, 0) is 31.5 Å². The molecule has 2 aromatic rings. The number of nitrogens with zero attached hydrogens (tertiary/aromatic N) is 1. The van der Waals surface area contributed by atoms with E-state index in [4.69, 9.17) is 0 Å². The summed E-state index contributed by atoms with van der Waals surface area (Å²) in [5.41, 5.74) is 0.885. The molecule has 0 aliphatic carbocycles. The van der Waals surface area contributed by atoms with Gasteiger partial charge in [0.2, 0.25) is 0 Å². The SMILES string of the molecule is CC(O)CCn1ccc2c(F)cccc21. The molecule has 0 aliphatic rings. The zero-order chi connectivity index (χ0) is 10.8. The molecule has 1 unspecified atom stereocenters. The lowest BCUT2D eigenvalue weighted by atomic mass is 10.2. The molecule has 1 aromatic heterocycles. The van der Waals surface area contributed by atoms with Crippen LogP contribution < -0.4 is 0 Å². The van der Waals surface area contributed by atoms with E-state index in [9.17, 15) is 9.50 Å². The van der Waals surface area contributed by atoms with E-state index in [2.05, 4.69) is 0 Å². The molecule has 15 heavy (non-hydrogen) atoms. The van der Waals surface area contributed by atoms with E-state index in [0.29, 0.717) is 18.4 Å². The molecule has 1 heterocycles. The van der Waals surface area contributed by atoms with Gasteiger partial charge in [0.05, 0.1) is 11.6 Å². The number of hydrogen-bond acceptors (Lipinski definition) is 1. The molecule has 0 bridgehead atoms. The number of benzene rings is 1. The summed E-state index contributed by atoms with van der Waals surface area (Å²) >= 11 is 0. The Balaban J connectivity index is 2.33. The third kappa shape index (κ3) is 2.02. The molecule has 2 nitrogen and oxygen atoms in total. The van der Waals surface area contributed by atoms with E-state index in [1.165, 1.54) is 6.07 Å². The highest BCUT2D eigenvalue weighted by molar-refractivity contribution is 5.80. The van der Waals surface area contributed by atoms with Crippen molar-refractivity contribution in [2.75, 3.05) is 0 Å². The van der Waals surface area contributed by atoms with Crippen LogP contribution in [0, 0.1) is 5.82 Å². The molecule has 3 heteroatoms. The van der Waals surface area contributed by atoms with Gasteiger partial charge in [-0.15, -0.1) is 0 Å². The Hall–Kier alpha value is -1.35. The van der Waals surface area contributed by atoms with Crippen LogP contribution in [0.2, 0.25) is 0 Å². The Kier molecular flexibility index (Phi) is 2.73. The number of hydrogen-bond donors (Lipinski definition) is 1. The first kappa shape index (κ1) is 10.2. The second-order valence-corrected chi connectivity index (χ2v) is 3.82. The summed E-state index contributed by atoms with van der Waals surface area (Å²) in [6.45, 7) is 2.47. The molecule has 0 saturated heterocycles. The van der Waals surface area contributed by atoms with Crippen LogP contribution in [-0.2, 0) is 6.54 Å². The lowest BCUT2D eigenvalue weighted by Gasteiger charge is -2.07. The van der Waals surface area contributed by atoms with Crippen LogP contribution in [0.4, 0.5) is 4.39 Å². The van der Waals surface area contributed by atoms with E-state index in [0.717, 1.165) is 5.52 Å². The van der Waals surface area contributed by atoms with Crippen LogP contribution in [-0.4, -0.2) is 15.8 Å². The summed E-state index contributed by atoms with van der Waals surface area (Å²) in [5.74, 6) is -0.191. The number of aromatic nitrogens is 1. The molecule has 0 radical (unpaired) electrons. The van der Waals surface area contributed by atoms with Gasteiger partial charge in [-0.25, -0.2) is 4.39 Å². The van der Waals surface area contributed by atoms with Crippen molar-refractivity contribution >= 4 is 10.9 Å². The van der Waals surface area contributed by atoms with Gasteiger partial charge in [-0.3, -0.25) is 0 Å². The van der Waals surface area contributed by atoms with Crippen molar-refractivity contribution in [3.05, 3.63) is 36.3 Å². The van der Waals surface area contributed by atoms with Gasteiger partial charge in [0.15, 0.2) is 0 Å². The van der Waals surface area contributed by atoms with Crippen LogP contribution in [0.15, 0.2) is 30.5 Å². The maximum absolute atomic E-state index is 13.3. The summed E-state index contributed by atoms with van der Waals surface area (Å²) in [7, 11) is 0. The van der Waals surface area contributed by atoms with Crippen LogP contribution in [0.25, 0.3) is 10.9 Å². The van der Waals surface area contributed by atoms with Crippen molar-refractivity contribution in [2.45, 2.75) is 26.0 Å². The van der Waals surface area contributed by atoms with Crippen molar-refractivity contribution in [3.63, 3.8) is 0 Å². The van der Waals surface area contributed by atoms with Crippen LogP contribution in [0.3, 0.4) is 0 Å². The summed E-state index contributed by atoms with van der Waals surface area (Å²) in [6, 6.07) is 6.82. The van der Waals surface area contributed by atoms with Crippen LogP contribution in [0.1, 0.15) is 13.3 Å². The maximum Gasteiger partial charge on any atom is 0.132 e. The van der Waals surface area contributed by atoms with Gasteiger partial charge in [-0.1, -0.05) is 6.07 Å². The standard InChI is InChI=1S/C12H14FNO/c1-9(15)5-7-14-8-6-10-11(13)3-2-4-12(10)14/h2-4,6,8-9,15H,5,7H2,1H3. The van der Waals surface area contributed by atoms with E-state index >= 15 is 0 Å². The first-order valence-corrected chi connectivity index (χ1v) is 5.10. The van der Waals surface area contributed by atoms with Gasteiger partial charge in [0, 0.05) is 18.1 Å². The first-order chi connectivity index (χ1) is 7.18. The first-order valence-electron chi connectivity index (χ1n) is 5.10. The molecule has 1 aromatic carbocycles. The average Bonchev–Trinajstić information content (AvgIpc) is 2.59. The average molecular weight is 207 g/mol. The van der Waals surface area contributed by atoms with Gasteiger partial charge >= 0.3 is 0 Å². The van der Waals surface area contributed by atoms with Crippen molar-refractivity contribution in [1.82, 2.24) is 4.57 Å². The van der Waals surface area contributed by atoms with E-state index < -0.39 is 0 Å². The molecule has 0 saturated carbocycles. The third-order valence-corrected chi connectivity index (χ3v) is 2.55. The zero-order valence-corrected chi connectivity index (χ0v) is 8.65. The smallest absolute Gasteiger partial charge is 0.132 e. The fourth-order valence-electron chi connectivity index (χ4n) is 1.71. The number of fused-ring (bicyclic) bond motifs is 1. The third-order valence-electron chi connectivity index (χ3n) is 2.55. The highest BCUT2D eigenvalue weighted by Gasteiger charge is 2.05. The van der Waals surface area contributed by atoms with Gasteiger partial charge in [0.1, 0.15) is 5.82 Å². The molecular weight excluding hydrogens is 193 g/mol.